The molecule has 1 fully saturated rings. The maximum absolute atomic E-state index is 12.7. The van der Waals surface area contributed by atoms with Crippen LogP contribution in [0.25, 0.3) is 0 Å². The average Bonchev–Trinajstić information content (AvgIpc) is 3.20. The van der Waals surface area contributed by atoms with Crippen molar-refractivity contribution < 1.29 is 4.79 Å². The highest BCUT2D eigenvalue weighted by Gasteiger charge is 2.35. The van der Waals surface area contributed by atoms with Gasteiger partial charge in [0.25, 0.3) is 5.91 Å². The molecule has 1 atom stereocenters. The summed E-state index contributed by atoms with van der Waals surface area (Å²) in [6, 6.07) is 7.99. The Bertz CT molecular complexity index is 619. The number of amides is 1. The van der Waals surface area contributed by atoms with Crippen molar-refractivity contribution in [3.63, 3.8) is 0 Å². The second kappa shape index (κ2) is 5.66. The van der Waals surface area contributed by atoms with E-state index < -0.39 is 0 Å². The van der Waals surface area contributed by atoms with Gasteiger partial charge >= 0.3 is 0 Å². The summed E-state index contributed by atoms with van der Waals surface area (Å²) in [5.41, 5.74) is 6.67. The first kappa shape index (κ1) is 14.4. The Morgan fingerprint density at radius 3 is 2.95 bits per heavy atom. The lowest BCUT2D eigenvalue weighted by molar-refractivity contribution is 0.0766. The molecule has 1 unspecified atom stereocenters. The second-order valence-electron chi connectivity index (χ2n) is 6.09. The lowest BCUT2D eigenvalue weighted by Crippen LogP contribution is -2.35. The molecule has 0 bridgehead atoms. The van der Waals surface area contributed by atoms with Gasteiger partial charge in [0, 0.05) is 24.2 Å². The first-order chi connectivity index (χ1) is 10.1. The van der Waals surface area contributed by atoms with Crippen molar-refractivity contribution in [2.75, 3.05) is 19.6 Å². The molecule has 0 aromatic carbocycles. The molecule has 5 heteroatoms. The summed E-state index contributed by atoms with van der Waals surface area (Å²) in [5.74, 6) is 0.119. The minimum Gasteiger partial charge on any atom is -0.338 e. The van der Waals surface area contributed by atoms with Crippen LogP contribution in [0.15, 0.2) is 35.8 Å². The molecule has 4 nitrogen and oxygen atoms in total. The van der Waals surface area contributed by atoms with E-state index in [9.17, 15) is 4.79 Å². The molecule has 3 heterocycles. The van der Waals surface area contributed by atoms with Crippen LogP contribution in [0.1, 0.15) is 28.7 Å². The Kier molecular flexibility index (Phi) is 3.87. The van der Waals surface area contributed by atoms with Crippen molar-refractivity contribution in [3.05, 3.63) is 46.4 Å². The smallest absolute Gasteiger partial charge is 0.270 e. The van der Waals surface area contributed by atoms with Gasteiger partial charge in [-0.1, -0.05) is 13.0 Å². The van der Waals surface area contributed by atoms with E-state index in [0.717, 1.165) is 31.7 Å². The number of carbonyl (C=O) groups is 1. The van der Waals surface area contributed by atoms with Gasteiger partial charge in [-0.05, 0) is 42.0 Å². The number of hydrogen-bond donors (Lipinski definition) is 1. The van der Waals surface area contributed by atoms with Crippen LogP contribution >= 0.6 is 11.3 Å². The van der Waals surface area contributed by atoms with E-state index in [1.165, 1.54) is 4.88 Å². The Morgan fingerprint density at radius 2 is 2.29 bits per heavy atom. The summed E-state index contributed by atoms with van der Waals surface area (Å²) in [6.45, 7) is 5.11. The standard InChI is InChI=1S/C16H21N3OS/c1-16(11-17)6-8-19(12-16)15(20)14-5-2-7-18(14)10-13-4-3-9-21-13/h2-5,7,9H,6,8,10-12,17H2,1H3. The van der Waals surface area contributed by atoms with Gasteiger partial charge in [-0.3, -0.25) is 4.79 Å². The number of likely N-dealkylation sites (tertiary alicyclic amines) is 1. The molecule has 3 rings (SSSR count). The number of aromatic nitrogens is 1. The first-order valence-corrected chi connectivity index (χ1v) is 8.16. The summed E-state index contributed by atoms with van der Waals surface area (Å²) >= 11 is 1.71. The lowest BCUT2D eigenvalue weighted by Gasteiger charge is -2.23. The third-order valence-corrected chi connectivity index (χ3v) is 5.15. The molecule has 2 aromatic heterocycles. The van der Waals surface area contributed by atoms with Crippen LogP contribution in [-0.2, 0) is 6.54 Å². The SMILES string of the molecule is CC1(CN)CCN(C(=O)c2cccn2Cc2cccs2)C1. The molecule has 2 aromatic rings. The molecule has 21 heavy (non-hydrogen) atoms. The molecule has 1 aliphatic rings. The Hall–Kier alpha value is -1.59. The molecule has 112 valence electrons. The van der Waals surface area contributed by atoms with Crippen molar-refractivity contribution in [1.29, 1.82) is 0 Å². The molecule has 0 radical (unpaired) electrons. The van der Waals surface area contributed by atoms with Crippen LogP contribution < -0.4 is 5.73 Å². The molecule has 1 amide bonds. The maximum atomic E-state index is 12.7. The van der Waals surface area contributed by atoms with Crippen molar-refractivity contribution in [2.45, 2.75) is 19.9 Å². The predicted molar refractivity (Wildman–Crippen MR) is 85.5 cm³/mol. The zero-order valence-corrected chi connectivity index (χ0v) is 13.1. The van der Waals surface area contributed by atoms with Gasteiger partial charge in [-0.15, -0.1) is 11.3 Å². The van der Waals surface area contributed by atoms with Crippen LogP contribution in [0.2, 0.25) is 0 Å². The molecule has 2 N–H and O–H groups in total. The fraction of sp³-hybridized carbons (Fsp3) is 0.438. The molecule has 0 spiro atoms. The highest BCUT2D eigenvalue weighted by atomic mass is 32.1. The zero-order chi connectivity index (χ0) is 14.9. The topological polar surface area (TPSA) is 51.3 Å². The molecule has 1 aliphatic heterocycles. The number of carbonyl (C=O) groups excluding carboxylic acids is 1. The minimum absolute atomic E-state index is 0.0703. The van der Waals surface area contributed by atoms with E-state index in [4.69, 9.17) is 5.73 Å². The number of rotatable bonds is 4. The van der Waals surface area contributed by atoms with Gasteiger partial charge in [0.05, 0.1) is 6.54 Å². The summed E-state index contributed by atoms with van der Waals surface area (Å²) in [4.78, 5) is 15.9. The Labute approximate surface area is 129 Å². The predicted octanol–water partition coefficient (Wildman–Crippen LogP) is 2.41. The highest BCUT2D eigenvalue weighted by Crippen LogP contribution is 2.29. The molecular weight excluding hydrogens is 282 g/mol. The van der Waals surface area contributed by atoms with Crippen LogP contribution in [0.4, 0.5) is 0 Å². The molecule has 0 saturated carbocycles. The van der Waals surface area contributed by atoms with Gasteiger partial charge in [-0.2, -0.15) is 0 Å². The third-order valence-electron chi connectivity index (χ3n) is 4.29. The van der Waals surface area contributed by atoms with Gasteiger partial charge in [0.2, 0.25) is 0 Å². The summed E-state index contributed by atoms with van der Waals surface area (Å²) in [7, 11) is 0. The van der Waals surface area contributed by atoms with E-state index in [1.54, 1.807) is 11.3 Å². The van der Waals surface area contributed by atoms with Gasteiger partial charge in [0.15, 0.2) is 0 Å². The number of hydrogen-bond acceptors (Lipinski definition) is 3. The van der Waals surface area contributed by atoms with Crippen molar-refractivity contribution in [1.82, 2.24) is 9.47 Å². The first-order valence-electron chi connectivity index (χ1n) is 7.28. The van der Waals surface area contributed by atoms with E-state index in [2.05, 4.69) is 18.4 Å². The molecule has 1 saturated heterocycles. The third kappa shape index (κ3) is 2.89. The van der Waals surface area contributed by atoms with Crippen LogP contribution in [0, 0.1) is 5.41 Å². The monoisotopic (exact) mass is 303 g/mol. The van der Waals surface area contributed by atoms with Gasteiger partial charge < -0.3 is 15.2 Å². The van der Waals surface area contributed by atoms with E-state index in [1.807, 2.05) is 33.9 Å². The number of nitrogens with two attached hydrogens (primary N) is 1. The fourth-order valence-corrected chi connectivity index (χ4v) is 3.54. The average molecular weight is 303 g/mol. The van der Waals surface area contributed by atoms with Gasteiger partial charge in [0.1, 0.15) is 5.69 Å². The quantitative estimate of drug-likeness (QED) is 0.943. The number of thiophene rings is 1. The lowest BCUT2D eigenvalue weighted by atomic mass is 9.90. The number of nitrogens with zero attached hydrogens (tertiary/aromatic N) is 2. The zero-order valence-electron chi connectivity index (χ0n) is 12.3. The normalized spacial score (nSPS) is 21.9. The fourth-order valence-electron chi connectivity index (χ4n) is 2.84. The van der Waals surface area contributed by atoms with Crippen LogP contribution in [-0.4, -0.2) is 35.0 Å². The molecule has 0 aliphatic carbocycles. The maximum Gasteiger partial charge on any atom is 0.270 e. The van der Waals surface area contributed by atoms with Crippen LogP contribution in [0.5, 0.6) is 0 Å². The summed E-state index contributed by atoms with van der Waals surface area (Å²) in [6.07, 6.45) is 2.96. The van der Waals surface area contributed by atoms with E-state index >= 15 is 0 Å². The van der Waals surface area contributed by atoms with Crippen molar-refractivity contribution >= 4 is 17.2 Å². The van der Waals surface area contributed by atoms with Crippen molar-refractivity contribution in [2.24, 2.45) is 11.1 Å². The Balaban J connectivity index is 1.76. The van der Waals surface area contributed by atoms with Crippen LogP contribution in [0.3, 0.4) is 0 Å². The summed E-state index contributed by atoms with van der Waals surface area (Å²) < 4.78 is 2.03. The van der Waals surface area contributed by atoms with E-state index in [0.29, 0.717) is 6.54 Å². The summed E-state index contributed by atoms with van der Waals surface area (Å²) in [5, 5.41) is 2.06. The van der Waals surface area contributed by atoms with E-state index in [-0.39, 0.29) is 11.3 Å². The Morgan fingerprint density at radius 1 is 1.43 bits per heavy atom. The highest BCUT2D eigenvalue weighted by molar-refractivity contribution is 7.09. The molecular formula is C16H21N3OS. The largest absolute Gasteiger partial charge is 0.338 e. The second-order valence-corrected chi connectivity index (χ2v) is 7.12. The van der Waals surface area contributed by atoms with Gasteiger partial charge in [-0.25, -0.2) is 0 Å². The van der Waals surface area contributed by atoms with Crippen molar-refractivity contribution in [3.8, 4) is 0 Å². The minimum atomic E-state index is 0.0703.